The van der Waals surface area contributed by atoms with Gasteiger partial charge in [-0.3, -0.25) is 14.6 Å². The number of carbonyl (C=O) groups is 3. The molecule has 0 aliphatic carbocycles. The fraction of sp³-hybridized carbons (Fsp3) is 0.250. The highest BCUT2D eigenvalue weighted by molar-refractivity contribution is 6.05. The van der Waals surface area contributed by atoms with Crippen LogP contribution >= 0.6 is 0 Å². The van der Waals surface area contributed by atoms with Gasteiger partial charge in [0, 0.05) is 24.3 Å². The van der Waals surface area contributed by atoms with Gasteiger partial charge in [-0.2, -0.15) is 0 Å². The number of benzene rings is 1. The van der Waals surface area contributed by atoms with Crippen LogP contribution in [-0.2, 0) is 19.1 Å². The summed E-state index contributed by atoms with van der Waals surface area (Å²) in [6.45, 7) is 0.326. The van der Waals surface area contributed by atoms with Crippen LogP contribution in [0.4, 0.5) is 5.69 Å². The fourth-order valence-electron chi connectivity index (χ4n) is 2.14. The van der Waals surface area contributed by atoms with Crippen LogP contribution in [0.2, 0.25) is 0 Å². The van der Waals surface area contributed by atoms with Gasteiger partial charge in [0.15, 0.2) is 0 Å². The zero-order chi connectivity index (χ0) is 16.8. The van der Waals surface area contributed by atoms with E-state index in [1.807, 2.05) is 0 Å². The minimum absolute atomic E-state index is 0.0230. The fourth-order valence-corrected chi connectivity index (χ4v) is 2.14. The van der Waals surface area contributed by atoms with Gasteiger partial charge < -0.3 is 14.4 Å². The second-order valence-electron chi connectivity index (χ2n) is 4.72. The van der Waals surface area contributed by atoms with Crippen molar-refractivity contribution in [1.82, 2.24) is 4.98 Å². The molecule has 0 bridgehead atoms. The molecule has 120 valence electrons. The number of esters is 1. The van der Waals surface area contributed by atoms with Crippen LogP contribution in [0.3, 0.4) is 0 Å². The monoisotopic (exact) mass is 316 g/mol. The number of methoxy groups -OCH3 is 1. The summed E-state index contributed by atoms with van der Waals surface area (Å²) in [6.07, 6.45) is 1.60. The van der Waals surface area contributed by atoms with Crippen molar-refractivity contribution in [3.8, 4) is 0 Å². The van der Waals surface area contributed by atoms with Crippen LogP contribution in [0.25, 0.3) is 10.9 Å². The van der Waals surface area contributed by atoms with Crippen molar-refractivity contribution < 1.29 is 23.9 Å². The highest BCUT2D eigenvalue weighted by Gasteiger charge is 2.15. The molecular formula is C16H16N2O5. The molecule has 0 aliphatic rings. The second kappa shape index (κ2) is 7.35. The summed E-state index contributed by atoms with van der Waals surface area (Å²) >= 11 is 0. The molecule has 1 amide bonds. The Kier molecular flexibility index (Phi) is 5.24. The van der Waals surface area contributed by atoms with E-state index in [1.54, 1.807) is 31.3 Å². The molecule has 0 N–H and O–H groups in total. The van der Waals surface area contributed by atoms with E-state index in [0.29, 0.717) is 28.6 Å². The summed E-state index contributed by atoms with van der Waals surface area (Å²) in [5, 5.41) is 0.598. The Morgan fingerprint density at radius 2 is 2.09 bits per heavy atom. The lowest BCUT2D eigenvalue weighted by Gasteiger charge is -2.18. The first-order chi connectivity index (χ1) is 11.1. The van der Waals surface area contributed by atoms with Crippen LogP contribution in [0.1, 0.15) is 16.8 Å². The largest absolute Gasteiger partial charge is 0.467 e. The quantitative estimate of drug-likeness (QED) is 0.456. The van der Waals surface area contributed by atoms with Gasteiger partial charge in [0.2, 0.25) is 5.91 Å². The molecule has 1 heterocycles. The van der Waals surface area contributed by atoms with Gasteiger partial charge in [-0.05, 0) is 24.3 Å². The Bertz CT molecular complexity index is 744. The molecule has 0 fully saturated rings. The number of anilines is 1. The van der Waals surface area contributed by atoms with E-state index >= 15 is 0 Å². The van der Waals surface area contributed by atoms with Crippen molar-refractivity contribution in [3.05, 3.63) is 36.0 Å². The van der Waals surface area contributed by atoms with E-state index in [-0.39, 0.29) is 18.9 Å². The van der Waals surface area contributed by atoms with Crippen molar-refractivity contribution >= 4 is 34.9 Å². The third-order valence-corrected chi connectivity index (χ3v) is 3.39. The van der Waals surface area contributed by atoms with Crippen LogP contribution in [0.15, 0.2) is 30.5 Å². The van der Waals surface area contributed by atoms with E-state index in [9.17, 15) is 14.4 Å². The first-order valence-electron chi connectivity index (χ1n) is 6.87. The van der Waals surface area contributed by atoms with Crippen LogP contribution in [-0.4, -0.2) is 44.1 Å². The van der Waals surface area contributed by atoms with Gasteiger partial charge in [-0.15, -0.1) is 0 Å². The predicted octanol–water partition coefficient (Wildman–Crippen LogP) is 1.55. The molecule has 7 nitrogen and oxygen atoms in total. The van der Waals surface area contributed by atoms with Crippen molar-refractivity contribution in [3.63, 3.8) is 0 Å². The molecule has 0 saturated heterocycles. The molecule has 0 aliphatic heterocycles. The van der Waals surface area contributed by atoms with Crippen LogP contribution in [0, 0.1) is 0 Å². The molecule has 7 heteroatoms. The number of pyridine rings is 1. The summed E-state index contributed by atoms with van der Waals surface area (Å²) < 4.78 is 9.29. The Morgan fingerprint density at radius 3 is 2.78 bits per heavy atom. The lowest BCUT2D eigenvalue weighted by atomic mass is 10.1. The Balaban J connectivity index is 2.33. The predicted molar refractivity (Wildman–Crippen MR) is 83.1 cm³/mol. The number of fused-ring (bicyclic) bond motifs is 1. The maximum absolute atomic E-state index is 12.1. The molecule has 23 heavy (non-hydrogen) atoms. The van der Waals surface area contributed by atoms with Crippen molar-refractivity contribution in [2.24, 2.45) is 0 Å². The number of rotatable bonds is 6. The highest BCUT2D eigenvalue weighted by atomic mass is 16.5. The van der Waals surface area contributed by atoms with Gasteiger partial charge in [0.05, 0.1) is 31.2 Å². The first kappa shape index (κ1) is 16.4. The Labute approximate surface area is 132 Å². The number of ether oxygens (including phenoxy) is 2. The summed E-state index contributed by atoms with van der Waals surface area (Å²) in [5.74, 6) is -0.683. The molecule has 1 aromatic heterocycles. The zero-order valence-corrected chi connectivity index (χ0v) is 12.8. The standard InChI is InChI=1S/C16H16N2O5/c1-18(15(20)6-8-23-10-19)11-3-4-14-13(9-11)12(5-7-17-14)16(21)22-2/h3-5,7,9-10H,6,8H2,1-2H3. The summed E-state index contributed by atoms with van der Waals surface area (Å²) in [5.41, 5.74) is 1.61. The van der Waals surface area contributed by atoms with Gasteiger partial charge >= 0.3 is 5.97 Å². The SMILES string of the molecule is COC(=O)c1ccnc2ccc(N(C)C(=O)CCOC=O)cc12. The third kappa shape index (κ3) is 3.63. The minimum Gasteiger partial charge on any atom is -0.467 e. The van der Waals surface area contributed by atoms with Gasteiger partial charge in [-0.25, -0.2) is 4.79 Å². The molecular weight excluding hydrogens is 300 g/mol. The topological polar surface area (TPSA) is 85.8 Å². The van der Waals surface area contributed by atoms with E-state index < -0.39 is 5.97 Å². The van der Waals surface area contributed by atoms with Crippen molar-refractivity contribution in [2.45, 2.75) is 6.42 Å². The molecule has 2 aromatic rings. The van der Waals surface area contributed by atoms with Crippen molar-refractivity contribution in [2.75, 3.05) is 25.7 Å². The average molecular weight is 316 g/mol. The molecule has 0 radical (unpaired) electrons. The number of aromatic nitrogens is 1. The second-order valence-corrected chi connectivity index (χ2v) is 4.72. The van der Waals surface area contributed by atoms with Gasteiger partial charge in [0.25, 0.3) is 6.47 Å². The Hall–Kier alpha value is -2.96. The zero-order valence-electron chi connectivity index (χ0n) is 12.8. The lowest BCUT2D eigenvalue weighted by Crippen LogP contribution is -2.27. The van der Waals surface area contributed by atoms with Gasteiger partial charge in [-0.1, -0.05) is 0 Å². The van der Waals surface area contributed by atoms with E-state index in [1.165, 1.54) is 18.2 Å². The number of hydrogen-bond acceptors (Lipinski definition) is 6. The van der Waals surface area contributed by atoms with E-state index in [0.717, 1.165) is 0 Å². The maximum atomic E-state index is 12.1. The Morgan fingerprint density at radius 1 is 1.30 bits per heavy atom. The summed E-state index contributed by atoms with van der Waals surface area (Å²) in [6, 6.07) is 6.72. The van der Waals surface area contributed by atoms with Gasteiger partial charge in [0.1, 0.15) is 0 Å². The number of amides is 1. The molecule has 0 spiro atoms. The molecule has 0 atom stereocenters. The first-order valence-corrected chi connectivity index (χ1v) is 6.87. The van der Waals surface area contributed by atoms with Crippen LogP contribution in [0.5, 0.6) is 0 Å². The smallest absolute Gasteiger partial charge is 0.338 e. The molecule has 1 aromatic carbocycles. The third-order valence-electron chi connectivity index (χ3n) is 3.39. The van der Waals surface area contributed by atoms with Crippen molar-refractivity contribution in [1.29, 1.82) is 0 Å². The maximum Gasteiger partial charge on any atom is 0.338 e. The molecule has 2 rings (SSSR count). The summed E-state index contributed by atoms with van der Waals surface area (Å²) in [7, 11) is 2.92. The average Bonchev–Trinajstić information content (AvgIpc) is 2.59. The minimum atomic E-state index is -0.470. The molecule has 0 unspecified atom stereocenters. The number of nitrogens with zero attached hydrogens (tertiary/aromatic N) is 2. The number of hydrogen-bond donors (Lipinski definition) is 0. The lowest BCUT2D eigenvalue weighted by molar-refractivity contribution is -0.130. The summed E-state index contributed by atoms with van der Waals surface area (Å²) in [4.78, 5) is 39.6. The normalized spacial score (nSPS) is 10.2. The highest BCUT2D eigenvalue weighted by Crippen LogP contribution is 2.24. The van der Waals surface area contributed by atoms with Crippen LogP contribution < -0.4 is 4.90 Å². The van der Waals surface area contributed by atoms with E-state index in [2.05, 4.69) is 9.72 Å². The molecule has 0 saturated carbocycles. The number of carbonyl (C=O) groups excluding carboxylic acids is 3. The van der Waals surface area contributed by atoms with E-state index in [4.69, 9.17) is 4.74 Å².